The fourth-order valence-electron chi connectivity index (χ4n) is 2.03. The van der Waals surface area contributed by atoms with E-state index in [1.54, 1.807) is 0 Å². The van der Waals surface area contributed by atoms with E-state index in [9.17, 15) is 0 Å². The van der Waals surface area contributed by atoms with Crippen LogP contribution in [0.2, 0.25) is 0 Å². The minimum atomic E-state index is 0.275. The number of aromatic nitrogens is 2. The average molecular weight is 229 g/mol. The van der Waals surface area contributed by atoms with Crippen LogP contribution in [0.1, 0.15) is 22.9 Å². The minimum Gasteiger partial charge on any atom is -0.311 e. The molecule has 0 radical (unpaired) electrons. The van der Waals surface area contributed by atoms with Crippen molar-refractivity contribution in [3.8, 4) is 0 Å². The standard InChI is InChI=1S/C14H19N3/c1-11-6-4-5-7-12(11)10-14(15-2)13-8-9-17(3)16-13/h4-9,14-15H,10H2,1-3H3. The number of aryl methyl sites for hydroxylation is 2. The van der Waals surface area contributed by atoms with Crippen molar-refractivity contribution in [2.24, 2.45) is 7.05 Å². The molecule has 0 spiro atoms. The van der Waals surface area contributed by atoms with Gasteiger partial charge in [-0.05, 0) is 37.6 Å². The van der Waals surface area contributed by atoms with Gasteiger partial charge in [0.2, 0.25) is 0 Å². The first kappa shape index (κ1) is 11.9. The van der Waals surface area contributed by atoms with E-state index in [0.29, 0.717) is 0 Å². The molecule has 0 saturated carbocycles. The summed E-state index contributed by atoms with van der Waals surface area (Å²) in [6, 6.07) is 10.8. The first-order valence-electron chi connectivity index (χ1n) is 5.92. The smallest absolute Gasteiger partial charge is 0.0797 e. The summed E-state index contributed by atoms with van der Waals surface area (Å²) in [6.45, 7) is 2.15. The van der Waals surface area contributed by atoms with Gasteiger partial charge in [-0.15, -0.1) is 0 Å². The van der Waals surface area contributed by atoms with Crippen molar-refractivity contribution in [1.82, 2.24) is 15.1 Å². The molecule has 1 N–H and O–H groups in total. The predicted molar refractivity (Wildman–Crippen MR) is 69.9 cm³/mol. The Morgan fingerprint density at radius 1 is 1.29 bits per heavy atom. The Balaban J connectivity index is 2.18. The van der Waals surface area contributed by atoms with Crippen molar-refractivity contribution in [2.45, 2.75) is 19.4 Å². The second-order valence-electron chi connectivity index (χ2n) is 4.39. The van der Waals surface area contributed by atoms with Gasteiger partial charge in [-0.25, -0.2) is 0 Å². The molecule has 2 aromatic rings. The molecule has 0 aliphatic carbocycles. The van der Waals surface area contributed by atoms with Crippen molar-refractivity contribution in [3.63, 3.8) is 0 Å². The van der Waals surface area contributed by atoms with Gasteiger partial charge in [-0.2, -0.15) is 5.10 Å². The molecule has 0 fully saturated rings. The molecule has 1 unspecified atom stereocenters. The van der Waals surface area contributed by atoms with E-state index in [0.717, 1.165) is 12.1 Å². The summed E-state index contributed by atoms with van der Waals surface area (Å²) < 4.78 is 1.84. The number of rotatable bonds is 4. The third kappa shape index (κ3) is 2.74. The predicted octanol–water partition coefficient (Wildman–Crippen LogP) is 2.23. The highest BCUT2D eigenvalue weighted by molar-refractivity contribution is 5.27. The van der Waals surface area contributed by atoms with E-state index in [4.69, 9.17) is 0 Å². The first-order valence-corrected chi connectivity index (χ1v) is 5.92. The molecule has 1 aromatic heterocycles. The van der Waals surface area contributed by atoms with Crippen LogP contribution in [0.15, 0.2) is 36.5 Å². The molecule has 2 rings (SSSR count). The summed E-state index contributed by atoms with van der Waals surface area (Å²) in [7, 11) is 3.93. The number of benzene rings is 1. The van der Waals surface area contributed by atoms with E-state index >= 15 is 0 Å². The first-order chi connectivity index (χ1) is 8.20. The zero-order chi connectivity index (χ0) is 12.3. The molecule has 0 amide bonds. The van der Waals surface area contributed by atoms with Crippen LogP contribution in [0.25, 0.3) is 0 Å². The summed E-state index contributed by atoms with van der Waals surface area (Å²) in [4.78, 5) is 0. The third-order valence-corrected chi connectivity index (χ3v) is 3.13. The largest absolute Gasteiger partial charge is 0.311 e. The van der Waals surface area contributed by atoms with E-state index in [-0.39, 0.29) is 6.04 Å². The normalized spacial score (nSPS) is 12.6. The van der Waals surface area contributed by atoms with E-state index in [1.165, 1.54) is 11.1 Å². The molecule has 3 nitrogen and oxygen atoms in total. The molecule has 0 saturated heterocycles. The van der Waals surface area contributed by atoms with Crippen molar-refractivity contribution in [3.05, 3.63) is 53.3 Å². The lowest BCUT2D eigenvalue weighted by Crippen LogP contribution is -2.20. The molecular formula is C14H19N3. The zero-order valence-electron chi connectivity index (χ0n) is 10.6. The van der Waals surface area contributed by atoms with Crippen molar-refractivity contribution >= 4 is 0 Å². The fraction of sp³-hybridized carbons (Fsp3) is 0.357. The molecule has 17 heavy (non-hydrogen) atoms. The quantitative estimate of drug-likeness (QED) is 0.871. The Morgan fingerprint density at radius 2 is 2.06 bits per heavy atom. The summed E-state index contributed by atoms with van der Waals surface area (Å²) in [5.41, 5.74) is 3.81. The molecule has 90 valence electrons. The highest BCUT2D eigenvalue weighted by Gasteiger charge is 2.13. The van der Waals surface area contributed by atoms with Gasteiger partial charge in [0.05, 0.1) is 11.7 Å². The van der Waals surface area contributed by atoms with Crippen LogP contribution in [0.3, 0.4) is 0 Å². The van der Waals surface area contributed by atoms with Gasteiger partial charge in [0.25, 0.3) is 0 Å². The Bertz CT molecular complexity index is 488. The van der Waals surface area contributed by atoms with Crippen LogP contribution >= 0.6 is 0 Å². The van der Waals surface area contributed by atoms with Gasteiger partial charge < -0.3 is 5.32 Å². The van der Waals surface area contributed by atoms with Gasteiger partial charge >= 0.3 is 0 Å². The van der Waals surface area contributed by atoms with Gasteiger partial charge in [0.15, 0.2) is 0 Å². The topological polar surface area (TPSA) is 29.9 Å². The fourth-order valence-corrected chi connectivity index (χ4v) is 2.03. The highest BCUT2D eigenvalue weighted by atomic mass is 15.3. The Hall–Kier alpha value is -1.61. The molecule has 1 heterocycles. The lowest BCUT2D eigenvalue weighted by Gasteiger charge is -2.15. The van der Waals surface area contributed by atoms with Crippen LogP contribution in [0.5, 0.6) is 0 Å². The van der Waals surface area contributed by atoms with Gasteiger partial charge in [-0.3, -0.25) is 4.68 Å². The zero-order valence-corrected chi connectivity index (χ0v) is 10.6. The Morgan fingerprint density at radius 3 is 2.65 bits per heavy atom. The van der Waals surface area contributed by atoms with Crippen LogP contribution in [-0.2, 0) is 13.5 Å². The lowest BCUT2D eigenvalue weighted by molar-refractivity contribution is 0.562. The average Bonchev–Trinajstić information content (AvgIpc) is 2.75. The Labute approximate surface area is 102 Å². The summed E-state index contributed by atoms with van der Waals surface area (Å²) in [6.07, 6.45) is 2.96. The maximum atomic E-state index is 4.46. The highest BCUT2D eigenvalue weighted by Crippen LogP contribution is 2.18. The molecule has 0 aliphatic heterocycles. The maximum absolute atomic E-state index is 4.46. The van der Waals surface area contributed by atoms with Crippen LogP contribution in [0, 0.1) is 6.92 Å². The second-order valence-corrected chi connectivity index (χ2v) is 4.39. The van der Waals surface area contributed by atoms with Crippen LogP contribution in [-0.4, -0.2) is 16.8 Å². The number of likely N-dealkylation sites (N-methyl/N-ethyl adjacent to an activating group) is 1. The van der Waals surface area contributed by atoms with Crippen LogP contribution in [0.4, 0.5) is 0 Å². The molecule has 1 aromatic carbocycles. The molecule has 3 heteroatoms. The minimum absolute atomic E-state index is 0.275. The SMILES string of the molecule is CNC(Cc1ccccc1C)c1ccn(C)n1. The monoisotopic (exact) mass is 229 g/mol. The number of hydrogen-bond acceptors (Lipinski definition) is 2. The van der Waals surface area contributed by atoms with Gasteiger partial charge in [-0.1, -0.05) is 24.3 Å². The van der Waals surface area contributed by atoms with E-state index in [1.807, 2.05) is 25.0 Å². The molecular weight excluding hydrogens is 210 g/mol. The molecule has 0 bridgehead atoms. The molecule has 1 atom stereocenters. The molecule has 0 aliphatic rings. The Kier molecular flexibility index (Phi) is 3.59. The van der Waals surface area contributed by atoms with E-state index < -0.39 is 0 Å². The summed E-state index contributed by atoms with van der Waals surface area (Å²) in [5.74, 6) is 0. The number of nitrogens with one attached hydrogen (secondary N) is 1. The summed E-state index contributed by atoms with van der Waals surface area (Å²) in [5, 5.41) is 7.79. The number of hydrogen-bond donors (Lipinski definition) is 1. The van der Waals surface area contributed by atoms with E-state index in [2.05, 4.69) is 47.7 Å². The number of nitrogens with zero attached hydrogens (tertiary/aromatic N) is 2. The third-order valence-electron chi connectivity index (χ3n) is 3.13. The summed E-state index contributed by atoms with van der Waals surface area (Å²) >= 11 is 0. The van der Waals surface area contributed by atoms with Crippen molar-refractivity contribution < 1.29 is 0 Å². The van der Waals surface area contributed by atoms with Crippen LogP contribution < -0.4 is 5.32 Å². The van der Waals surface area contributed by atoms with Gasteiger partial charge in [0, 0.05) is 13.2 Å². The lowest BCUT2D eigenvalue weighted by atomic mass is 9.99. The van der Waals surface area contributed by atoms with Crippen molar-refractivity contribution in [1.29, 1.82) is 0 Å². The van der Waals surface area contributed by atoms with Gasteiger partial charge in [0.1, 0.15) is 0 Å². The second kappa shape index (κ2) is 5.15. The maximum Gasteiger partial charge on any atom is 0.0797 e. The van der Waals surface area contributed by atoms with Crippen molar-refractivity contribution in [2.75, 3.05) is 7.05 Å².